The van der Waals surface area contributed by atoms with E-state index < -0.39 is 0 Å². The van der Waals surface area contributed by atoms with Crippen molar-refractivity contribution < 1.29 is 14.3 Å². The van der Waals surface area contributed by atoms with E-state index in [9.17, 15) is 9.59 Å². The molecule has 6 heteroatoms. The number of aryl methyl sites for hydroxylation is 3. The van der Waals surface area contributed by atoms with Crippen LogP contribution in [0.3, 0.4) is 0 Å². The summed E-state index contributed by atoms with van der Waals surface area (Å²) in [6.45, 7) is 5.55. The number of fused-ring (bicyclic) bond motifs is 1. The average molecular weight is 377 g/mol. The van der Waals surface area contributed by atoms with Gasteiger partial charge in [0.2, 0.25) is 5.91 Å². The Balaban J connectivity index is 1.70. The number of anilines is 1. The summed E-state index contributed by atoms with van der Waals surface area (Å²) in [6, 6.07) is 13.2. The Bertz CT molecular complexity index is 1060. The number of amides is 2. The number of pyridine rings is 1. The molecule has 3 aromatic rings. The van der Waals surface area contributed by atoms with Gasteiger partial charge in [-0.05, 0) is 56.7 Å². The fraction of sp³-hybridized carbons (Fsp3) is 0.227. The molecule has 0 radical (unpaired) electrons. The Hall–Kier alpha value is -3.41. The lowest BCUT2D eigenvalue weighted by Crippen LogP contribution is -2.33. The number of nitrogens with one attached hydrogen (secondary N) is 2. The van der Waals surface area contributed by atoms with Crippen LogP contribution in [0.1, 0.15) is 27.2 Å². The molecule has 0 unspecified atom stereocenters. The molecule has 0 aliphatic rings. The predicted molar refractivity (Wildman–Crippen MR) is 110 cm³/mol. The Morgan fingerprint density at radius 3 is 2.46 bits per heavy atom. The first-order chi connectivity index (χ1) is 13.4. The van der Waals surface area contributed by atoms with Crippen molar-refractivity contribution in [2.45, 2.75) is 20.8 Å². The number of aromatic nitrogens is 1. The van der Waals surface area contributed by atoms with E-state index in [1.54, 1.807) is 20.1 Å². The molecule has 28 heavy (non-hydrogen) atoms. The molecule has 0 bridgehead atoms. The second-order valence-corrected chi connectivity index (χ2v) is 6.75. The third-order valence-electron chi connectivity index (χ3n) is 4.44. The first-order valence-corrected chi connectivity index (χ1v) is 8.98. The molecular formula is C22H23N3O3. The van der Waals surface area contributed by atoms with E-state index in [-0.39, 0.29) is 18.4 Å². The monoisotopic (exact) mass is 377 g/mol. The van der Waals surface area contributed by atoms with Crippen molar-refractivity contribution >= 4 is 28.4 Å². The number of hydrogen-bond acceptors (Lipinski definition) is 4. The minimum absolute atomic E-state index is 0.152. The number of ether oxygens (including phenoxy) is 1. The molecule has 144 valence electrons. The van der Waals surface area contributed by atoms with E-state index in [0.29, 0.717) is 22.7 Å². The highest BCUT2D eigenvalue weighted by Crippen LogP contribution is 2.25. The molecule has 0 aliphatic carbocycles. The average Bonchev–Trinajstić information content (AvgIpc) is 2.66. The quantitative estimate of drug-likeness (QED) is 0.713. The molecular weight excluding hydrogens is 354 g/mol. The molecule has 1 aromatic heterocycles. The van der Waals surface area contributed by atoms with Gasteiger partial charge in [-0.3, -0.25) is 14.6 Å². The van der Waals surface area contributed by atoms with Gasteiger partial charge in [-0.2, -0.15) is 0 Å². The molecule has 2 amide bonds. The molecule has 3 rings (SSSR count). The minimum Gasteiger partial charge on any atom is -0.495 e. The normalized spacial score (nSPS) is 10.6. The zero-order chi connectivity index (χ0) is 20.3. The summed E-state index contributed by atoms with van der Waals surface area (Å²) >= 11 is 0. The van der Waals surface area contributed by atoms with Crippen LogP contribution < -0.4 is 15.4 Å². The predicted octanol–water partition coefficient (Wildman–Crippen LogP) is 3.54. The molecule has 0 saturated heterocycles. The van der Waals surface area contributed by atoms with E-state index in [1.165, 1.54) is 0 Å². The Morgan fingerprint density at radius 1 is 1.00 bits per heavy atom. The first kappa shape index (κ1) is 19.4. The summed E-state index contributed by atoms with van der Waals surface area (Å²) < 4.78 is 5.25. The molecule has 0 atom stereocenters. The van der Waals surface area contributed by atoms with Crippen molar-refractivity contribution in [3.8, 4) is 5.75 Å². The number of hydrogen-bond donors (Lipinski definition) is 2. The standard InChI is InChI=1S/C22H23N3O3/c1-13-5-7-18-16(9-13)11-17(15(3)24-18)22(27)23-12-21(26)25-19-10-14(2)6-8-20(19)28-4/h5-11H,12H2,1-4H3,(H,23,27)(H,25,26). The van der Waals surface area contributed by atoms with Crippen LogP contribution in [0.25, 0.3) is 10.9 Å². The maximum atomic E-state index is 12.6. The van der Waals surface area contributed by atoms with Gasteiger partial charge in [0, 0.05) is 5.39 Å². The number of benzene rings is 2. The van der Waals surface area contributed by atoms with Crippen molar-refractivity contribution in [3.05, 3.63) is 64.8 Å². The highest BCUT2D eigenvalue weighted by Gasteiger charge is 2.14. The van der Waals surface area contributed by atoms with Crippen LogP contribution in [0, 0.1) is 20.8 Å². The number of rotatable bonds is 5. The van der Waals surface area contributed by atoms with Crippen molar-refractivity contribution in [3.63, 3.8) is 0 Å². The summed E-state index contributed by atoms with van der Waals surface area (Å²) in [5, 5.41) is 6.32. The van der Waals surface area contributed by atoms with Gasteiger partial charge in [0.25, 0.3) is 5.91 Å². The fourth-order valence-electron chi connectivity index (χ4n) is 2.99. The summed E-state index contributed by atoms with van der Waals surface area (Å²) in [4.78, 5) is 29.3. The molecule has 0 saturated carbocycles. The molecule has 2 aromatic carbocycles. The SMILES string of the molecule is COc1ccc(C)cc1NC(=O)CNC(=O)c1cc2cc(C)ccc2nc1C. The van der Waals surface area contributed by atoms with Crippen molar-refractivity contribution in [2.75, 3.05) is 19.0 Å². The zero-order valence-corrected chi connectivity index (χ0v) is 16.4. The Morgan fingerprint density at radius 2 is 1.71 bits per heavy atom. The highest BCUT2D eigenvalue weighted by molar-refractivity contribution is 6.02. The molecule has 2 N–H and O–H groups in total. The lowest BCUT2D eigenvalue weighted by Gasteiger charge is -2.12. The van der Waals surface area contributed by atoms with Gasteiger partial charge in [0.05, 0.1) is 36.1 Å². The summed E-state index contributed by atoms with van der Waals surface area (Å²) in [5.74, 6) is -0.102. The van der Waals surface area contributed by atoms with Crippen LogP contribution in [0.5, 0.6) is 5.75 Å². The van der Waals surface area contributed by atoms with Gasteiger partial charge in [-0.15, -0.1) is 0 Å². The zero-order valence-electron chi connectivity index (χ0n) is 16.4. The lowest BCUT2D eigenvalue weighted by atomic mass is 10.1. The van der Waals surface area contributed by atoms with Crippen LogP contribution in [0.2, 0.25) is 0 Å². The minimum atomic E-state index is -0.334. The topological polar surface area (TPSA) is 80.3 Å². The molecule has 0 aliphatic heterocycles. The Kier molecular flexibility index (Phi) is 5.59. The smallest absolute Gasteiger partial charge is 0.253 e. The summed E-state index contributed by atoms with van der Waals surface area (Å²) in [5.41, 5.74) is 4.57. The molecule has 6 nitrogen and oxygen atoms in total. The Labute approximate surface area is 163 Å². The second kappa shape index (κ2) is 8.08. The number of carbonyl (C=O) groups excluding carboxylic acids is 2. The van der Waals surface area contributed by atoms with Crippen molar-refractivity contribution in [1.29, 1.82) is 0 Å². The van der Waals surface area contributed by atoms with Crippen molar-refractivity contribution in [2.24, 2.45) is 0 Å². The van der Waals surface area contributed by atoms with E-state index in [0.717, 1.165) is 22.0 Å². The van der Waals surface area contributed by atoms with Gasteiger partial charge in [-0.1, -0.05) is 17.7 Å². The molecule has 0 fully saturated rings. The van der Waals surface area contributed by atoms with E-state index in [4.69, 9.17) is 4.74 Å². The van der Waals surface area contributed by atoms with Gasteiger partial charge >= 0.3 is 0 Å². The largest absolute Gasteiger partial charge is 0.495 e. The number of carbonyl (C=O) groups is 2. The maximum absolute atomic E-state index is 12.6. The third kappa shape index (κ3) is 4.28. The van der Waals surface area contributed by atoms with Gasteiger partial charge in [0.1, 0.15) is 5.75 Å². The maximum Gasteiger partial charge on any atom is 0.253 e. The first-order valence-electron chi connectivity index (χ1n) is 8.98. The van der Waals surface area contributed by atoms with E-state index in [2.05, 4.69) is 15.6 Å². The summed E-state index contributed by atoms with van der Waals surface area (Å²) in [6.07, 6.45) is 0. The van der Waals surface area contributed by atoms with Crippen LogP contribution in [0.4, 0.5) is 5.69 Å². The van der Waals surface area contributed by atoms with Crippen LogP contribution >= 0.6 is 0 Å². The van der Waals surface area contributed by atoms with E-state index in [1.807, 2.05) is 50.2 Å². The van der Waals surface area contributed by atoms with Crippen LogP contribution in [0.15, 0.2) is 42.5 Å². The van der Waals surface area contributed by atoms with Gasteiger partial charge < -0.3 is 15.4 Å². The second-order valence-electron chi connectivity index (χ2n) is 6.75. The number of methoxy groups -OCH3 is 1. The van der Waals surface area contributed by atoms with Gasteiger partial charge in [0.15, 0.2) is 0 Å². The van der Waals surface area contributed by atoms with Crippen LogP contribution in [-0.4, -0.2) is 30.5 Å². The van der Waals surface area contributed by atoms with Crippen molar-refractivity contribution in [1.82, 2.24) is 10.3 Å². The van der Waals surface area contributed by atoms with E-state index >= 15 is 0 Å². The molecule has 1 heterocycles. The lowest BCUT2D eigenvalue weighted by molar-refractivity contribution is -0.115. The van der Waals surface area contributed by atoms with Crippen LogP contribution in [-0.2, 0) is 4.79 Å². The number of nitrogens with zero attached hydrogens (tertiary/aromatic N) is 1. The van der Waals surface area contributed by atoms with Gasteiger partial charge in [-0.25, -0.2) is 0 Å². The third-order valence-corrected chi connectivity index (χ3v) is 4.44. The summed E-state index contributed by atoms with van der Waals surface area (Å²) in [7, 11) is 1.54. The highest BCUT2D eigenvalue weighted by atomic mass is 16.5. The molecule has 0 spiro atoms. The fourth-order valence-corrected chi connectivity index (χ4v) is 2.99.